The summed E-state index contributed by atoms with van der Waals surface area (Å²) in [7, 11) is 0. The number of rotatable bonds is 9. The molecule has 0 aromatic heterocycles. The molecular weight excluding hydrogens is 186 g/mol. The van der Waals surface area contributed by atoms with Crippen molar-refractivity contribution in [3.05, 3.63) is 0 Å². The Morgan fingerprint density at radius 1 is 1.14 bits per heavy atom. The van der Waals surface area contributed by atoms with Crippen LogP contribution in [-0.4, -0.2) is 49.1 Å². The van der Waals surface area contributed by atoms with Crippen LogP contribution in [0.4, 0.5) is 0 Å². The Hall–Kier alpha value is -0.650. The van der Waals surface area contributed by atoms with Gasteiger partial charge in [-0.3, -0.25) is 4.79 Å². The minimum atomic E-state index is -0.0405. The lowest BCUT2D eigenvalue weighted by Crippen LogP contribution is -2.25. The van der Waals surface area contributed by atoms with E-state index in [0.29, 0.717) is 32.6 Å². The van der Waals surface area contributed by atoms with Crippen LogP contribution in [0.2, 0.25) is 0 Å². The van der Waals surface area contributed by atoms with Crippen molar-refractivity contribution in [3.8, 4) is 0 Å². The lowest BCUT2D eigenvalue weighted by molar-refractivity contribution is -0.121. The Morgan fingerprint density at radius 3 is 2.57 bits per heavy atom. The van der Waals surface area contributed by atoms with Gasteiger partial charge in [0, 0.05) is 26.2 Å². The van der Waals surface area contributed by atoms with E-state index in [1.807, 2.05) is 0 Å². The molecule has 14 heavy (non-hydrogen) atoms. The lowest BCUT2D eigenvalue weighted by atomic mass is 10.3. The molecule has 0 aliphatic heterocycles. The number of hydrogen-bond donors (Lipinski definition) is 3. The van der Waals surface area contributed by atoms with Crippen molar-refractivity contribution in [1.29, 1.82) is 0 Å². The summed E-state index contributed by atoms with van der Waals surface area (Å²) in [6.07, 6.45) is 1.62. The van der Waals surface area contributed by atoms with Crippen LogP contribution in [0.1, 0.15) is 19.3 Å². The summed E-state index contributed by atoms with van der Waals surface area (Å²) < 4.78 is 5.00. The molecule has 0 radical (unpaired) electrons. The van der Waals surface area contributed by atoms with E-state index >= 15 is 0 Å². The van der Waals surface area contributed by atoms with Gasteiger partial charge in [0.1, 0.15) is 0 Å². The standard InChI is InChI=1S/C9H19NO4/c11-5-1-3-9(13)10-4-2-7-14-8-6-12/h11-12H,1-8H2,(H,10,13). The fraction of sp³-hybridized carbons (Fsp3) is 0.889. The van der Waals surface area contributed by atoms with Gasteiger partial charge in [-0.05, 0) is 12.8 Å². The highest BCUT2D eigenvalue weighted by molar-refractivity contribution is 5.75. The number of nitrogens with one attached hydrogen (secondary N) is 1. The number of carbonyl (C=O) groups excluding carboxylic acids is 1. The summed E-state index contributed by atoms with van der Waals surface area (Å²) in [5.74, 6) is -0.0405. The van der Waals surface area contributed by atoms with Gasteiger partial charge in [0.15, 0.2) is 0 Å². The topological polar surface area (TPSA) is 78.8 Å². The average molecular weight is 205 g/mol. The van der Waals surface area contributed by atoms with Crippen molar-refractivity contribution in [1.82, 2.24) is 5.32 Å². The van der Waals surface area contributed by atoms with Crippen LogP contribution in [-0.2, 0) is 9.53 Å². The molecular formula is C9H19NO4. The molecule has 0 aliphatic rings. The van der Waals surface area contributed by atoms with Crippen LogP contribution < -0.4 is 5.32 Å². The maximum Gasteiger partial charge on any atom is 0.220 e. The molecule has 0 spiro atoms. The van der Waals surface area contributed by atoms with Gasteiger partial charge in [-0.2, -0.15) is 0 Å². The smallest absolute Gasteiger partial charge is 0.220 e. The van der Waals surface area contributed by atoms with E-state index in [-0.39, 0.29) is 19.1 Å². The Morgan fingerprint density at radius 2 is 1.93 bits per heavy atom. The summed E-state index contributed by atoms with van der Waals surface area (Å²) in [5.41, 5.74) is 0. The molecule has 0 atom stereocenters. The monoisotopic (exact) mass is 205 g/mol. The molecule has 5 nitrogen and oxygen atoms in total. The third-order valence-electron chi connectivity index (χ3n) is 1.59. The fourth-order valence-electron chi connectivity index (χ4n) is 0.897. The highest BCUT2D eigenvalue weighted by atomic mass is 16.5. The van der Waals surface area contributed by atoms with Crippen LogP contribution in [0.15, 0.2) is 0 Å². The van der Waals surface area contributed by atoms with E-state index in [9.17, 15) is 4.79 Å². The Bertz CT molecular complexity index is 141. The fourth-order valence-corrected chi connectivity index (χ4v) is 0.897. The van der Waals surface area contributed by atoms with E-state index in [1.165, 1.54) is 0 Å². The molecule has 5 heteroatoms. The molecule has 0 saturated carbocycles. The second-order valence-electron chi connectivity index (χ2n) is 2.87. The maximum absolute atomic E-state index is 11.0. The summed E-state index contributed by atoms with van der Waals surface area (Å²) >= 11 is 0. The van der Waals surface area contributed by atoms with Crippen molar-refractivity contribution >= 4 is 5.91 Å². The summed E-state index contributed by atoms with van der Waals surface area (Å²) in [5, 5.41) is 19.6. The number of ether oxygens (including phenoxy) is 1. The first-order valence-corrected chi connectivity index (χ1v) is 4.87. The second kappa shape index (κ2) is 10.4. The normalized spacial score (nSPS) is 10.1. The first-order chi connectivity index (χ1) is 6.81. The molecule has 0 unspecified atom stereocenters. The number of carbonyl (C=O) groups is 1. The van der Waals surface area contributed by atoms with E-state index in [0.717, 1.165) is 6.42 Å². The van der Waals surface area contributed by atoms with Crippen LogP contribution in [0.25, 0.3) is 0 Å². The van der Waals surface area contributed by atoms with Gasteiger partial charge in [0.05, 0.1) is 13.2 Å². The molecule has 1 amide bonds. The van der Waals surface area contributed by atoms with Gasteiger partial charge < -0.3 is 20.3 Å². The largest absolute Gasteiger partial charge is 0.396 e. The van der Waals surface area contributed by atoms with Crippen LogP contribution >= 0.6 is 0 Å². The van der Waals surface area contributed by atoms with Crippen molar-refractivity contribution in [3.63, 3.8) is 0 Å². The van der Waals surface area contributed by atoms with E-state index in [1.54, 1.807) is 0 Å². The van der Waals surface area contributed by atoms with Crippen molar-refractivity contribution in [2.75, 3.05) is 33.0 Å². The third kappa shape index (κ3) is 9.44. The highest BCUT2D eigenvalue weighted by Gasteiger charge is 1.98. The molecule has 0 saturated heterocycles. The van der Waals surface area contributed by atoms with Gasteiger partial charge in [-0.25, -0.2) is 0 Å². The minimum Gasteiger partial charge on any atom is -0.396 e. The van der Waals surface area contributed by atoms with Gasteiger partial charge in [0.25, 0.3) is 0 Å². The first-order valence-electron chi connectivity index (χ1n) is 4.87. The first kappa shape index (κ1) is 13.4. The molecule has 0 aliphatic carbocycles. The molecule has 0 aromatic rings. The third-order valence-corrected chi connectivity index (χ3v) is 1.59. The number of aliphatic hydroxyl groups excluding tert-OH is 2. The van der Waals surface area contributed by atoms with Crippen molar-refractivity contribution < 1.29 is 19.7 Å². The van der Waals surface area contributed by atoms with Crippen molar-refractivity contribution in [2.24, 2.45) is 0 Å². The van der Waals surface area contributed by atoms with E-state index in [4.69, 9.17) is 14.9 Å². The SMILES string of the molecule is O=C(CCCO)NCCCOCCO. The average Bonchev–Trinajstić information content (AvgIpc) is 2.20. The maximum atomic E-state index is 11.0. The molecule has 84 valence electrons. The molecule has 0 aromatic carbocycles. The Balaban J connectivity index is 3.07. The zero-order valence-electron chi connectivity index (χ0n) is 8.37. The van der Waals surface area contributed by atoms with Crippen LogP contribution in [0.5, 0.6) is 0 Å². The van der Waals surface area contributed by atoms with Crippen molar-refractivity contribution in [2.45, 2.75) is 19.3 Å². The Kier molecular flexibility index (Phi) is 9.95. The van der Waals surface area contributed by atoms with Gasteiger partial charge in [-0.1, -0.05) is 0 Å². The predicted octanol–water partition coefficient (Wildman–Crippen LogP) is -0.726. The summed E-state index contributed by atoms with van der Waals surface area (Å²) in [4.78, 5) is 11.0. The highest BCUT2D eigenvalue weighted by Crippen LogP contribution is 1.87. The van der Waals surface area contributed by atoms with Crippen LogP contribution in [0.3, 0.4) is 0 Å². The molecule has 0 bridgehead atoms. The Labute approximate surface area is 84.1 Å². The lowest BCUT2D eigenvalue weighted by Gasteiger charge is -2.04. The zero-order chi connectivity index (χ0) is 10.6. The van der Waals surface area contributed by atoms with Gasteiger partial charge >= 0.3 is 0 Å². The number of hydrogen-bond acceptors (Lipinski definition) is 4. The van der Waals surface area contributed by atoms with Gasteiger partial charge in [0.2, 0.25) is 5.91 Å². The van der Waals surface area contributed by atoms with Crippen LogP contribution in [0, 0.1) is 0 Å². The molecule has 0 fully saturated rings. The number of amides is 1. The van der Waals surface area contributed by atoms with E-state index in [2.05, 4.69) is 5.32 Å². The number of aliphatic hydroxyl groups is 2. The summed E-state index contributed by atoms with van der Waals surface area (Å²) in [6.45, 7) is 1.55. The zero-order valence-corrected chi connectivity index (χ0v) is 8.37. The molecule has 0 heterocycles. The minimum absolute atomic E-state index is 0.0306. The second-order valence-corrected chi connectivity index (χ2v) is 2.87. The molecule has 0 rings (SSSR count). The van der Waals surface area contributed by atoms with E-state index < -0.39 is 0 Å². The predicted molar refractivity (Wildman–Crippen MR) is 51.9 cm³/mol. The quantitative estimate of drug-likeness (QED) is 0.434. The van der Waals surface area contributed by atoms with Gasteiger partial charge in [-0.15, -0.1) is 0 Å². The molecule has 3 N–H and O–H groups in total. The summed E-state index contributed by atoms with van der Waals surface area (Å²) in [6, 6.07) is 0.